The molecule has 1 fully saturated rings. The SMILES string of the molecule is CCN1CCN(CCC(NC)c2cccc(Cl)c2Cl)CC1. The molecule has 1 aromatic carbocycles. The number of hydrogen-bond acceptors (Lipinski definition) is 3. The zero-order chi connectivity index (χ0) is 15.2. The van der Waals surface area contributed by atoms with Crippen LogP contribution in [-0.2, 0) is 0 Å². The lowest BCUT2D eigenvalue weighted by molar-refractivity contribution is 0.133. The van der Waals surface area contributed by atoms with Crippen molar-refractivity contribution in [3.63, 3.8) is 0 Å². The Kier molecular flexibility index (Phi) is 6.77. The minimum absolute atomic E-state index is 0.250. The maximum absolute atomic E-state index is 6.33. The van der Waals surface area contributed by atoms with Gasteiger partial charge in [-0.1, -0.05) is 42.3 Å². The maximum Gasteiger partial charge on any atom is 0.0640 e. The molecule has 1 aromatic rings. The average Bonchev–Trinajstić information content (AvgIpc) is 2.52. The standard InChI is InChI=1S/C16H25Cl2N3/c1-3-20-9-11-21(12-10-20)8-7-15(19-2)13-5-4-6-14(17)16(13)18/h4-6,15,19H,3,7-12H2,1-2H3. The Morgan fingerprint density at radius 3 is 2.43 bits per heavy atom. The van der Waals surface area contributed by atoms with Crippen LogP contribution in [0.15, 0.2) is 18.2 Å². The second-order valence-electron chi connectivity index (χ2n) is 5.55. The summed E-state index contributed by atoms with van der Waals surface area (Å²) >= 11 is 12.5. The summed E-state index contributed by atoms with van der Waals surface area (Å²) < 4.78 is 0. The van der Waals surface area contributed by atoms with E-state index in [0.717, 1.165) is 38.2 Å². The van der Waals surface area contributed by atoms with Gasteiger partial charge in [-0.25, -0.2) is 0 Å². The molecule has 0 saturated carbocycles. The van der Waals surface area contributed by atoms with Gasteiger partial charge in [0.05, 0.1) is 10.0 Å². The zero-order valence-electron chi connectivity index (χ0n) is 12.9. The summed E-state index contributed by atoms with van der Waals surface area (Å²) in [5.41, 5.74) is 1.10. The molecule has 3 nitrogen and oxygen atoms in total. The third-order valence-electron chi connectivity index (χ3n) is 4.35. The first-order chi connectivity index (χ1) is 10.2. The lowest BCUT2D eigenvalue weighted by atomic mass is 10.0. The minimum Gasteiger partial charge on any atom is -0.313 e. The van der Waals surface area contributed by atoms with Crippen molar-refractivity contribution in [2.45, 2.75) is 19.4 Å². The summed E-state index contributed by atoms with van der Waals surface area (Å²) in [5, 5.41) is 4.67. The van der Waals surface area contributed by atoms with Gasteiger partial charge < -0.3 is 15.1 Å². The number of hydrogen-bond donors (Lipinski definition) is 1. The lowest BCUT2D eigenvalue weighted by Gasteiger charge is -2.34. The van der Waals surface area contributed by atoms with Crippen LogP contribution < -0.4 is 5.32 Å². The highest BCUT2D eigenvalue weighted by Crippen LogP contribution is 2.31. The number of halogens is 2. The molecule has 1 aliphatic heterocycles. The van der Waals surface area contributed by atoms with Crippen LogP contribution in [0.25, 0.3) is 0 Å². The van der Waals surface area contributed by atoms with Crippen molar-refractivity contribution in [3.05, 3.63) is 33.8 Å². The number of nitrogens with one attached hydrogen (secondary N) is 1. The largest absolute Gasteiger partial charge is 0.313 e. The normalized spacial score (nSPS) is 18.9. The molecule has 0 bridgehead atoms. The predicted octanol–water partition coefficient (Wildman–Crippen LogP) is 3.28. The Hall–Kier alpha value is -0.320. The van der Waals surface area contributed by atoms with E-state index in [2.05, 4.69) is 28.1 Å². The molecule has 0 spiro atoms. The van der Waals surface area contributed by atoms with Crippen LogP contribution in [0.1, 0.15) is 24.9 Å². The highest BCUT2D eigenvalue weighted by molar-refractivity contribution is 6.42. The van der Waals surface area contributed by atoms with Gasteiger partial charge in [0.2, 0.25) is 0 Å². The summed E-state index contributed by atoms with van der Waals surface area (Å²) in [4.78, 5) is 5.04. The van der Waals surface area contributed by atoms with Crippen molar-refractivity contribution in [1.82, 2.24) is 15.1 Å². The van der Waals surface area contributed by atoms with E-state index < -0.39 is 0 Å². The van der Waals surface area contributed by atoms with Gasteiger partial charge >= 0.3 is 0 Å². The predicted molar refractivity (Wildman–Crippen MR) is 91.4 cm³/mol. The summed E-state index contributed by atoms with van der Waals surface area (Å²) in [6.07, 6.45) is 1.04. The van der Waals surface area contributed by atoms with Gasteiger partial charge in [0.15, 0.2) is 0 Å². The Bertz CT molecular complexity index is 445. The highest BCUT2D eigenvalue weighted by atomic mass is 35.5. The molecule has 21 heavy (non-hydrogen) atoms. The lowest BCUT2D eigenvalue weighted by Crippen LogP contribution is -2.46. The summed E-state index contributed by atoms with van der Waals surface area (Å²) in [6.45, 7) is 9.16. The average molecular weight is 330 g/mol. The van der Waals surface area contributed by atoms with Crippen molar-refractivity contribution in [2.24, 2.45) is 0 Å². The third kappa shape index (κ3) is 4.57. The van der Waals surface area contributed by atoms with Gasteiger partial charge in [-0.3, -0.25) is 0 Å². The molecule has 0 aromatic heterocycles. The van der Waals surface area contributed by atoms with Crippen LogP contribution in [-0.4, -0.2) is 56.1 Å². The maximum atomic E-state index is 6.33. The van der Waals surface area contributed by atoms with E-state index in [4.69, 9.17) is 23.2 Å². The van der Waals surface area contributed by atoms with E-state index in [1.807, 2.05) is 19.2 Å². The number of likely N-dealkylation sites (N-methyl/N-ethyl adjacent to an activating group) is 1. The quantitative estimate of drug-likeness (QED) is 0.864. The molecule has 1 N–H and O–H groups in total. The molecule has 5 heteroatoms. The smallest absolute Gasteiger partial charge is 0.0640 e. The number of rotatable bonds is 6. The molecule has 1 heterocycles. The molecule has 0 amide bonds. The first-order valence-electron chi connectivity index (χ1n) is 7.71. The summed E-state index contributed by atoms with van der Waals surface area (Å²) in [6, 6.07) is 6.11. The molecule has 118 valence electrons. The van der Waals surface area contributed by atoms with Gasteiger partial charge in [0.25, 0.3) is 0 Å². The third-order valence-corrected chi connectivity index (χ3v) is 5.18. The van der Waals surface area contributed by atoms with Crippen LogP contribution in [0, 0.1) is 0 Å². The molecule has 2 rings (SSSR count). The van der Waals surface area contributed by atoms with Gasteiger partial charge in [-0.15, -0.1) is 0 Å². The van der Waals surface area contributed by atoms with E-state index in [9.17, 15) is 0 Å². The van der Waals surface area contributed by atoms with Gasteiger partial charge in [0.1, 0.15) is 0 Å². The fraction of sp³-hybridized carbons (Fsp3) is 0.625. The van der Waals surface area contributed by atoms with E-state index in [-0.39, 0.29) is 6.04 Å². The van der Waals surface area contributed by atoms with Crippen molar-refractivity contribution in [3.8, 4) is 0 Å². The van der Waals surface area contributed by atoms with Crippen LogP contribution in [0.4, 0.5) is 0 Å². The molecular formula is C16H25Cl2N3. The molecule has 1 atom stereocenters. The van der Waals surface area contributed by atoms with Crippen LogP contribution >= 0.6 is 23.2 Å². The molecule has 1 saturated heterocycles. The minimum atomic E-state index is 0.250. The molecule has 0 radical (unpaired) electrons. The highest BCUT2D eigenvalue weighted by Gasteiger charge is 2.19. The second kappa shape index (κ2) is 8.35. The summed E-state index contributed by atoms with van der Waals surface area (Å²) in [5.74, 6) is 0. The van der Waals surface area contributed by atoms with Crippen molar-refractivity contribution in [1.29, 1.82) is 0 Å². The Morgan fingerprint density at radius 2 is 1.81 bits per heavy atom. The fourth-order valence-electron chi connectivity index (χ4n) is 2.89. The monoisotopic (exact) mass is 329 g/mol. The van der Waals surface area contributed by atoms with Crippen molar-refractivity contribution in [2.75, 3.05) is 46.3 Å². The Morgan fingerprint density at radius 1 is 1.14 bits per heavy atom. The van der Waals surface area contributed by atoms with E-state index >= 15 is 0 Å². The van der Waals surface area contributed by atoms with E-state index in [1.165, 1.54) is 13.1 Å². The van der Waals surface area contributed by atoms with E-state index in [0.29, 0.717) is 10.0 Å². The van der Waals surface area contributed by atoms with Gasteiger partial charge in [0, 0.05) is 38.8 Å². The first kappa shape index (κ1) is 17.0. The number of piperazine rings is 1. The molecular weight excluding hydrogens is 305 g/mol. The molecule has 1 unspecified atom stereocenters. The van der Waals surface area contributed by atoms with Gasteiger partial charge in [-0.05, 0) is 31.6 Å². The van der Waals surface area contributed by atoms with Gasteiger partial charge in [-0.2, -0.15) is 0 Å². The topological polar surface area (TPSA) is 18.5 Å². The van der Waals surface area contributed by atoms with Crippen molar-refractivity contribution < 1.29 is 0 Å². The van der Waals surface area contributed by atoms with Crippen LogP contribution in [0.2, 0.25) is 10.0 Å². The van der Waals surface area contributed by atoms with Crippen molar-refractivity contribution >= 4 is 23.2 Å². The van der Waals surface area contributed by atoms with E-state index in [1.54, 1.807) is 0 Å². The number of benzene rings is 1. The van der Waals surface area contributed by atoms with Crippen LogP contribution in [0.3, 0.4) is 0 Å². The Labute approximate surface area is 138 Å². The Balaban J connectivity index is 1.90. The summed E-state index contributed by atoms with van der Waals surface area (Å²) in [7, 11) is 1.98. The number of nitrogens with zero attached hydrogens (tertiary/aromatic N) is 2. The molecule has 0 aliphatic carbocycles. The zero-order valence-corrected chi connectivity index (χ0v) is 14.4. The fourth-order valence-corrected chi connectivity index (χ4v) is 3.33. The molecule has 1 aliphatic rings. The second-order valence-corrected chi connectivity index (χ2v) is 6.33. The first-order valence-corrected chi connectivity index (χ1v) is 8.47. The van der Waals surface area contributed by atoms with Crippen LogP contribution in [0.5, 0.6) is 0 Å².